The van der Waals surface area contributed by atoms with Crippen LogP contribution >= 0.6 is 0 Å². The molecule has 0 saturated carbocycles. The van der Waals surface area contributed by atoms with Crippen LogP contribution in [0.5, 0.6) is 0 Å². The van der Waals surface area contributed by atoms with Gasteiger partial charge in [0.1, 0.15) is 0 Å². The Labute approximate surface area is 89.3 Å². The molecule has 0 aromatic heterocycles. The number of hydrogen-bond acceptors (Lipinski definition) is 1. The average molecular weight is 213 g/mol. The molecule has 0 saturated heterocycles. The summed E-state index contributed by atoms with van der Waals surface area (Å²) in [5, 5.41) is 0. The van der Waals surface area contributed by atoms with Gasteiger partial charge in [0.25, 0.3) is 5.92 Å². The van der Waals surface area contributed by atoms with Crippen molar-refractivity contribution in [2.75, 3.05) is 0 Å². The normalized spacial score (nSPS) is 12.9. The Hall–Kier alpha value is -0.960. The molecule has 2 N–H and O–H groups in total. The molecule has 0 radical (unpaired) electrons. The highest BCUT2D eigenvalue weighted by Gasteiger charge is 2.28. The van der Waals surface area contributed by atoms with Gasteiger partial charge < -0.3 is 5.73 Å². The molecular weight excluding hydrogens is 196 g/mol. The SMILES string of the molecule is CC(C)(N)Cc1ccccc1C(C)(F)F. The van der Waals surface area contributed by atoms with Gasteiger partial charge in [0, 0.05) is 18.0 Å². The van der Waals surface area contributed by atoms with Crippen LogP contribution < -0.4 is 5.73 Å². The minimum atomic E-state index is -2.80. The summed E-state index contributed by atoms with van der Waals surface area (Å²) < 4.78 is 26.5. The Kier molecular flexibility index (Phi) is 3.14. The molecule has 1 aromatic carbocycles. The highest BCUT2D eigenvalue weighted by molar-refractivity contribution is 5.31. The number of hydrogen-bond donors (Lipinski definition) is 1. The third kappa shape index (κ3) is 3.59. The lowest BCUT2D eigenvalue weighted by atomic mass is 9.91. The number of rotatable bonds is 3. The monoisotopic (exact) mass is 213 g/mol. The van der Waals surface area contributed by atoms with E-state index in [9.17, 15) is 8.78 Å². The van der Waals surface area contributed by atoms with Crippen molar-refractivity contribution in [1.82, 2.24) is 0 Å². The van der Waals surface area contributed by atoms with E-state index in [0.717, 1.165) is 6.92 Å². The maximum Gasteiger partial charge on any atom is 0.270 e. The summed E-state index contributed by atoms with van der Waals surface area (Å²) in [6, 6.07) is 6.55. The van der Waals surface area contributed by atoms with E-state index in [4.69, 9.17) is 5.73 Å². The molecule has 1 nitrogen and oxygen atoms in total. The molecule has 0 aliphatic heterocycles. The summed E-state index contributed by atoms with van der Waals surface area (Å²) in [6.07, 6.45) is 0.451. The first-order valence-electron chi connectivity index (χ1n) is 4.95. The maximum atomic E-state index is 13.2. The van der Waals surface area contributed by atoms with Gasteiger partial charge in [-0.15, -0.1) is 0 Å². The lowest BCUT2D eigenvalue weighted by molar-refractivity contribution is 0.0164. The van der Waals surface area contributed by atoms with E-state index in [0.29, 0.717) is 12.0 Å². The van der Waals surface area contributed by atoms with Gasteiger partial charge in [0.05, 0.1) is 0 Å². The number of halogens is 2. The summed E-state index contributed by atoms with van der Waals surface area (Å²) in [5.41, 5.74) is 6.06. The smallest absolute Gasteiger partial charge is 0.270 e. The third-order valence-electron chi connectivity index (χ3n) is 2.14. The van der Waals surface area contributed by atoms with Gasteiger partial charge in [-0.25, -0.2) is 8.78 Å². The molecule has 0 aliphatic carbocycles. The van der Waals surface area contributed by atoms with Crippen molar-refractivity contribution in [3.63, 3.8) is 0 Å². The molecule has 3 heteroatoms. The van der Waals surface area contributed by atoms with Crippen LogP contribution in [0.15, 0.2) is 24.3 Å². The van der Waals surface area contributed by atoms with E-state index in [1.165, 1.54) is 6.07 Å². The van der Waals surface area contributed by atoms with Gasteiger partial charge in [-0.3, -0.25) is 0 Å². The van der Waals surface area contributed by atoms with E-state index in [1.54, 1.807) is 18.2 Å². The predicted octanol–water partition coefficient (Wildman–Crippen LogP) is 3.08. The molecule has 0 amide bonds. The molecule has 0 aliphatic rings. The van der Waals surface area contributed by atoms with Crippen molar-refractivity contribution >= 4 is 0 Å². The van der Waals surface area contributed by atoms with Crippen molar-refractivity contribution < 1.29 is 8.78 Å². The first-order chi connectivity index (χ1) is 6.70. The minimum Gasteiger partial charge on any atom is -0.325 e. The number of alkyl halides is 2. The zero-order valence-corrected chi connectivity index (χ0v) is 9.35. The van der Waals surface area contributed by atoms with Crippen molar-refractivity contribution in [2.45, 2.75) is 38.7 Å². The molecule has 0 heterocycles. The van der Waals surface area contributed by atoms with Crippen LogP contribution in [-0.4, -0.2) is 5.54 Å². The zero-order valence-electron chi connectivity index (χ0n) is 9.35. The van der Waals surface area contributed by atoms with Gasteiger partial charge in [-0.1, -0.05) is 24.3 Å². The molecule has 0 atom stereocenters. The highest BCUT2D eigenvalue weighted by atomic mass is 19.3. The van der Waals surface area contributed by atoms with E-state index >= 15 is 0 Å². The lowest BCUT2D eigenvalue weighted by Gasteiger charge is -2.22. The zero-order chi connectivity index (χ0) is 11.7. The van der Waals surface area contributed by atoms with Gasteiger partial charge in [0.2, 0.25) is 0 Å². The van der Waals surface area contributed by atoms with Crippen molar-refractivity contribution in [1.29, 1.82) is 0 Å². The Bertz CT molecular complexity index is 334. The summed E-state index contributed by atoms with van der Waals surface area (Å²) in [4.78, 5) is 0. The van der Waals surface area contributed by atoms with E-state index in [2.05, 4.69) is 0 Å². The molecule has 0 bridgehead atoms. The van der Waals surface area contributed by atoms with Crippen molar-refractivity contribution in [3.05, 3.63) is 35.4 Å². The van der Waals surface area contributed by atoms with Crippen LogP contribution in [0.3, 0.4) is 0 Å². The third-order valence-corrected chi connectivity index (χ3v) is 2.14. The Morgan fingerprint density at radius 1 is 1.13 bits per heavy atom. The van der Waals surface area contributed by atoms with Gasteiger partial charge >= 0.3 is 0 Å². The van der Waals surface area contributed by atoms with Crippen molar-refractivity contribution in [3.8, 4) is 0 Å². The Balaban J connectivity index is 3.08. The molecule has 0 unspecified atom stereocenters. The Morgan fingerprint density at radius 3 is 2.13 bits per heavy atom. The molecule has 0 fully saturated rings. The Morgan fingerprint density at radius 2 is 1.67 bits per heavy atom. The molecule has 1 aromatic rings. The summed E-state index contributed by atoms with van der Waals surface area (Å²) in [6.45, 7) is 4.57. The van der Waals surface area contributed by atoms with Crippen LogP contribution in [-0.2, 0) is 12.3 Å². The molecular formula is C12H17F2N. The number of nitrogens with two attached hydrogens (primary N) is 1. The second kappa shape index (κ2) is 3.89. The quantitative estimate of drug-likeness (QED) is 0.820. The highest BCUT2D eigenvalue weighted by Crippen LogP contribution is 2.31. The first-order valence-corrected chi connectivity index (χ1v) is 4.95. The van der Waals surface area contributed by atoms with E-state index < -0.39 is 11.5 Å². The summed E-state index contributed by atoms with van der Waals surface area (Å²) in [5.74, 6) is -2.80. The number of benzene rings is 1. The average Bonchev–Trinajstić information content (AvgIpc) is 1.99. The predicted molar refractivity (Wildman–Crippen MR) is 58.0 cm³/mol. The van der Waals surface area contributed by atoms with Gasteiger partial charge in [0.15, 0.2) is 0 Å². The van der Waals surface area contributed by atoms with Crippen LogP contribution in [0.25, 0.3) is 0 Å². The van der Waals surface area contributed by atoms with Crippen LogP contribution in [0.4, 0.5) is 8.78 Å². The summed E-state index contributed by atoms with van der Waals surface area (Å²) >= 11 is 0. The first kappa shape index (κ1) is 12.1. The standard InChI is InChI=1S/C12H17F2N/c1-11(2,15)8-9-6-4-5-7-10(9)12(3,13)14/h4-7H,8,15H2,1-3H3. The van der Waals surface area contributed by atoms with E-state index in [1.807, 2.05) is 13.8 Å². The van der Waals surface area contributed by atoms with Crippen LogP contribution in [0.1, 0.15) is 31.9 Å². The maximum absolute atomic E-state index is 13.2. The van der Waals surface area contributed by atoms with Crippen LogP contribution in [0.2, 0.25) is 0 Å². The van der Waals surface area contributed by atoms with Crippen molar-refractivity contribution in [2.24, 2.45) is 5.73 Å². The topological polar surface area (TPSA) is 26.0 Å². The molecule has 1 rings (SSSR count). The van der Waals surface area contributed by atoms with Gasteiger partial charge in [-0.05, 0) is 25.8 Å². The van der Waals surface area contributed by atoms with Gasteiger partial charge in [-0.2, -0.15) is 0 Å². The molecule has 0 spiro atoms. The fraction of sp³-hybridized carbons (Fsp3) is 0.500. The molecule has 15 heavy (non-hydrogen) atoms. The minimum absolute atomic E-state index is 0.0727. The molecule has 84 valence electrons. The fourth-order valence-corrected chi connectivity index (χ4v) is 1.59. The summed E-state index contributed by atoms with van der Waals surface area (Å²) in [7, 11) is 0. The fourth-order valence-electron chi connectivity index (χ4n) is 1.59. The second-order valence-electron chi connectivity index (χ2n) is 4.71. The second-order valence-corrected chi connectivity index (χ2v) is 4.71. The largest absolute Gasteiger partial charge is 0.325 e. The van der Waals surface area contributed by atoms with Crippen LogP contribution in [0, 0.1) is 0 Å². The lowest BCUT2D eigenvalue weighted by Crippen LogP contribution is -2.35. The van der Waals surface area contributed by atoms with E-state index in [-0.39, 0.29) is 5.56 Å².